The second-order valence-electron chi connectivity index (χ2n) is 5.98. The van der Waals surface area contributed by atoms with Crippen molar-refractivity contribution in [1.29, 1.82) is 0 Å². The molecule has 3 aromatic carbocycles. The topological polar surface area (TPSA) is 75.6 Å². The van der Waals surface area contributed by atoms with E-state index in [4.69, 9.17) is 33.0 Å². The molecule has 0 radical (unpaired) electrons. The molecule has 0 aliphatic heterocycles. The first-order valence-corrected chi connectivity index (χ1v) is 10.2. The fourth-order valence-electron chi connectivity index (χ4n) is 2.38. The van der Waals surface area contributed by atoms with Crippen molar-refractivity contribution in [1.82, 2.24) is 0 Å². The number of carboxylic acid groups (broad SMARTS) is 1. The van der Waals surface area contributed by atoms with E-state index in [1.54, 1.807) is 24.3 Å². The van der Waals surface area contributed by atoms with Gasteiger partial charge in [-0.15, -0.1) is 11.8 Å². The molecule has 154 valence electrons. The monoisotopic (exact) mass is 465 g/mol. The highest BCUT2D eigenvalue weighted by molar-refractivity contribution is 8.00. The number of carbonyl (C=O) groups is 2. The lowest BCUT2D eigenvalue weighted by atomic mass is 10.2. The highest BCUT2D eigenvalue weighted by Gasteiger charge is 2.11. The molecular formula is C21H14Cl2FNO4S. The third-order valence-corrected chi connectivity index (χ3v) is 5.52. The maximum atomic E-state index is 14.4. The van der Waals surface area contributed by atoms with Gasteiger partial charge in [0.15, 0.2) is 11.6 Å². The molecule has 0 bridgehead atoms. The summed E-state index contributed by atoms with van der Waals surface area (Å²) in [6.07, 6.45) is 0. The maximum absolute atomic E-state index is 14.4. The van der Waals surface area contributed by atoms with Gasteiger partial charge < -0.3 is 15.2 Å². The number of nitrogens with one attached hydrogen (secondary N) is 1. The van der Waals surface area contributed by atoms with Crippen LogP contribution in [0.25, 0.3) is 0 Å². The SMILES string of the molecule is O=C(O)CSc1ccc(Oc2ccc(NC(=O)c3ccc(Cl)c(Cl)c3)cc2F)cc1. The molecule has 3 rings (SSSR count). The third-order valence-electron chi connectivity index (χ3n) is 3.79. The zero-order valence-corrected chi connectivity index (χ0v) is 17.5. The minimum atomic E-state index is -0.909. The van der Waals surface area contributed by atoms with Gasteiger partial charge in [0.2, 0.25) is 0 Å². The van der Waals surface area contributed by atoms with Crippen molar-refractivity contribution in [2.75, 3.05) is 11.1 Å². The van der Waals surface area contributed by atoms with E-state index < -0.39 is 17.7 Å². The zero-order chi connectivity index (χ0) is 21.7. The lowest BCUT2D eigenvalue weighted by molar-refractivity contribution is -0.133. The number of thioether (sulfide) groups is 1. The fraction of sp³-hybridized carbons (Fsp3) is 0.0476. The number of hydrogen-bond donors (Lipinski definition) is 2. The highest BCUT2D eigenvalue weighted by atomic mass is 35.5. The summed E-state index contributed by atoms with van der Waals surface area (Å²) >= 11 is 12.9. The van der Waals surface area contributed by atoms with Crippen LogP contribution >= 0.6 is 35.0 Å². The number of carboxylic acids is 1. The molecule has 1 amide bonds. The van der Waals surface area contributed by atoms with Gasteiger partial charge in [0.1, 0.15) is 5.75 Å². The van der Waals surface area contributed by atoms with Crippen LogP contribution in [0.1, 0.15) is 10.4 Å². The molecule has 0 aliphatic carbocycles. The molecule has 0 spiro atoms. The van der Waals surface area contributed by atoms with Gasteiger partial charge in [0, 0.05) is 22.2 Å². The number of halogens is 3. The molecule has 2 N–H and O–H groups in total. The lowest BCUT2D eigenvalue weighted by Crippen LogP contribution is -2.12. The predicted octanol–water partition coefficient (Wildman–Crippen LogP) is 6.35. The molecule has 5 nitrogen and oxygen atoms in total. The summed E-state index contributed by atoms with van der Waals surface area (Å²) in [6.45, 7) is 0. The summed E-state index contributed by atoms with van der Waals surface area (Å²) in [5.74, 6) is -1.71. The van der Waals surface area contributed by atoms with Crippen molar-refractivity contribution in [3.63, 3.8) is 0 Å². The first-order chi connectivity index (χ1) is 14.3. The van der Waals surface area contributed by atoms with E-state index in [1.807, 2.05) is 0 Å². The molecule has 0 saturated heterocycles. The van der Waals surface area contributed by atoms with Crippen LogP contribution < -0.4 is 10.1 Å². The Balaban J connectivity index is 1.65. The smallest absolute Gasteiger partial charge is 0.313 e. The van der Waals surface area contributed by atoms with Crippen LogP contribution in [0.3, 0.4) is 0 Å². The van der Waals surface area contributed by atoms with Gasteiger partial charge in [-0.05, 0) is 54.6 Å². The highest BCUT2D eigenvalue weighted by Crippen LogP contribution is 2.29. The summed E-state index contributed by atoms with van der Waals surface area (Å²) < 4.78 is 19.9. The zero-order valence-electron chi connectivity index (χ0n) is 15.2. The Morgan fingerprint density at radius 2 is 1.73 bits per heavy atom. The minimum Gasteiger partial charge on any atom is -0.481 e. The Labute approximate surface area is 185 Å². The average molecular weight is 466 g/mol. The number of ether oxygens (including phenoxy) is 1. The molecule has 0 fully saturated rings. The van der Waals surface area contributed by atoms with Crippen LogP contribution in [0.2, 0.25) is 10.0 Å². The van der Waals surface area contributed by atoms with Gasteiger partial charge >= 0.3 is 5.97 Å². The van der Waals surface area contributed by atoms with Crippen LogP contribution in [-0.4, -0.2) is 22.7 Å². The lowest BCUT2D eigenvalue weighted by Gasteiger charge is -2.10. The van der Waals surface area contributed by atoms with Crippen molar-refractivity contribution >= 4 is 52.5 Å². The quantitative estimate of drug-likeness (QED) is 0.397. The van der Waals surface area contributed by atoms with Crippen molar-refractivity contribution in [3.8, 4) is 11.5 Å². The van der Waals surface area contributed by atoms with Gasteiger partial charge in [-0.2, -0.15) is 0 Å². The van der Waals surface area contributed by atoms with E-state index in [0.29, 0.717) is 10.8 Å². The van der Waals surface area contributed by atoms with Gasteiger partial charge in [0.25, 0.3) is 5.91 Å². The number of benzene rings is 3. The van der Waals surface area contributed by atoms with Gasteiger partial charge in [-0.25, -0.2) is 4.39 Å². The van der Waals surface area contributed by atoms with Crippen LogP contribution in [0.4, 0.5) is 10.1 Å². The number of carbonyl (C=O) groups excluding carboxylic acids is 1. The number of hydrogen-bond acceptors (Lipinski definition) is 4. The van der Waals surface area contributed by atoms with Crippen LogP contribution in [-0.2, 0) is 4.79 Å². The van der Waals surface area contributed by atoms with Crippen LogP contribution in [0.15, 0.2) is 65.6 Å². The Morgan fingerprint density at radius 1 is 1.00 bits per heavy atom. The second-order valence-corrected chi connectivity index (χ2v) is 7.85. The number of anilines is 1. The number of amides is 1. The van der Waals surface area contributed by atoms with Crippen molar-refractivity contribution in [2.24, 2.45) is 0 Å². The van der Waals surface area contributed by atoms with E-state index in [9.17, 15) is 14.0 Å². The second kappa shape index (κ2) is 9.84. The first kappa shape index (κ1) is 22.0. The average Bonchev–Trinajstić information content (AvgIpc) is 2.71. The standard InChI is InChI=1S/C21H14Cl2FNO4S/c22-16-7-1-12(9-17(16)23)21(28)25-13-2-8-19(18(24)10-13)29-14-3-5-15(6-4-14)30-11-20(26)27/h1-10H,11H2,(H,25,28)(H,26,27). The number of rotatable bonds is 7. The van der Waals surface area contributed by atoms with E-state index in [0.717, 1.165) is 11.0 Å². The summed E-state index contributed by atoms with van der Waals surface area (Å²) in [7, 11) is 0. The Kier molecular flexibility index (Phi) is 7.20. The normalized spacial score (nSPS) is 10.5. The van der Waals surface area contributed by atoms with Gasteiger partial charge in [-0.1, -0.05) is 23.2 Å². The van der Waals surface area contributed by atoms with E-state index >= 15 is 0 Å². The summed E-state index contributed by atoms with van der Waals surface area (Å²) in [5.41, 5.74) is 0.530. The molecule has 0 heterocycles. The Bertz CT molecular complexity index is 1090. The van der Waals surface area contributed by atoms with Crippen LogP contribution in [0.5, 0.6) is 11.5 Å². The molecule has 0 aliphatic rings. The molecule has 0 atom stereocenters. The summed E-state index contributed by atoms with van der Waals surface area (Å²) in [6, 6.07) is 15.1. The fourth-order valence-corrected chi connectivity index (χ4v) is 3.29. The summed E-state index contributed by atoms with van der Waals surface area (Å²) in [5, 5.41) is 11.8. The van der Waals surface area contributed by atoms with E-state index in [2.05, 4.69) is 5.32 Å². The van der Waals surface area contributed by atoms with E-state index in [-0.39, 0.29) is 27.8 Å². The molecule has 0 saturated carbocycles. The molecule has 9 heteroatoms. The van der Waals surface area contributed by atoms with Crippen molar-refractivity contribution < 1.29 is 23.8 Å². The largest absolute Gasteiger partial charge is 0.481 e. The number of aliphatic carboxylic acids is 1. The molecule has 3 aromatic rings. The van der Waals surface area contributed by atoms with Crippen molar-refractivity contribution in [2.45, 2.75) is 4.90 Å². The minimum absolute atomic E-state index is 0.0199. The maximum Gasteiger partial charge on any atom is 0.313 e. The molecule has 30 heavy (non-hydrogen) atoms. The van der Waals surface area contributed by atoms with Gasteiger partial charge in [0.05, 0.1) is 15.8 Å². The Hall–Kier alpha value is -2.74. The molecular weight excluding hydrogens is 452 g/mol. The van der Waals surface area contributed by atoms with E-state index in [1.165, 1.54) is 42.1 Å². The van der Waals surface area contributed by atoms with Crippen molar-refractivity contribution in [3.05, 3.63) is 82.1 Å². The van der Waals surface area contributed by atoms with Crippen LogP contribution in [0, 0.1) is 5.82 Å². The Morgan fingerprint density at radius 3 is 2.37 bits per heavy atom. The first-order valence-electron chi connectivity index (χ1n) is 8.50. The summed E-state index contributed by atoms with van der Waals surface area (Å²) in [4.78, 5) is 23.6. The predicted molar refractivity (Wildman–Crippen MR) is 116 cm³/mol. The van der Waals surface area contributed by atoms with Gasteiger partial charge in [-0.3, -0.25) is 9.59 Å². The molecule has 0 unspecified atom stereocenters. The third kappa shape index (κ3) is 5.89. The molecule has 0 aromatic heterocycles.